The molecule has 0 radical (unpaired) electrons. The Hall–Kier alpha value is -2.44. The Balaban J connectivity index is 1.89. The molecule has 4 aromatic rings. The van der Waals surface area contributed by atoms with Gasteiger partial charge in [-0.15, -0.1) is 11.3 Å². The molecule has 0 amide bonds. The zero-order valence-corrected chi connectivity index (χ0v) is 15.7. The van der Waals surface area contributed by atoms with Crippen LogP contribution in [0.1, 0.15) is 4.88 Å². The maximum atomic E-state index is 9.69. The molecule has 0 aliphatic heterocycles. The van der Waals surface area contributed by atoms with Gasteiger partial charge in [-0.3, -0.25) is 0 Å². The van der Waals surface area contributed by atoms with E-state index in [1.807, 2.05) is 18.2 Å². The smallest absolute Gasteiger partial charge is 0.143 e. The third-order valence-corrected chi connectivity index (χ3v) is 5.45. The van der Waals surface area contributed by atoms with Gasteiger partial charge >= 0.3 is 0 Å². The lowest BCUT2D eigenvalue weighted by atomic mass is 10.0. The zero-order chi connectivity index (χ0) is 17.4. The highest BCUT2D eigenvalue weighted by Crippen LogP contribution is 2.41. The quantitative estimate of drug-likeness (QED) is 0.441. The van der Waals surface area contributed by atoms with Crippen LogP contribution in [0.15, 0.2) is 59.3 Å². The molecule has 0 fully saturated rings. The lowest BCUT2D eigenvalue weighted by Gasteiger charge is -2.09. The van der Waals surface area contributed by atoms with Crippen LogP contribution in [0.5, 0.6) is 5.75 Å². The molecule has 2 N–H and O–H groups in total. The Morgan fingerprint density at radius 1 is 1.08 bits per heavy atom. The largest absolute Gasteiger partial charge is 0.508 e. The number of anilines is 2. The summed E-state index contributed by atoms with van der Waals surface area (Å²) in [7, 11) is 0. The maximum Gasteiger partial charge on any atom is 0.143 e. The van der Waals surface area contributed by atoms with E-state index in [-0.39, 0.29) is 5.75 Å². The molecule has 0 atom stereocenters. The van der Waals surface area contributed by atoms with Crippen LogP contribution in [0.2, 0.25) is 0 Å². The van der Waals surface area contributed by atoms with Crippen molar-refractivity contribution in [3.8, 4) is 16.9 Å². The van der Waals surface area contributed by atoms with Gasteiger partial charge in [-0.2, -0.15) is 0 Å². The van der Waals surface area contributed by atoms with Crippen LogP contribution in [0.25, 0.3) is 21.3 Å². The van der Waals surface area contributed by atoms with Gasteiger partial charge in [0.15, 0.2) is 0 Å². The van der Waals surface area contributed by atoms with Crippen molar-refractivity contribution >= 4 is 49.0 Å². The molecular weight excluding hydrogens is 398 g/mol. The van der Waals surface area contributed by atoms with Crippen molar-refractivity contribution in [3.63, 3.8) is 0 Å². The Bertz CT molecular complexity index is 1060. The number of hydrogen-bond donors (Lipinski definition) is 2. The van der Waals surface area contributed by atoms with Gasteiger partial charge < -0.3 is 10.4 Å². The summed E-state index contributed by atoms with van der Waals surface area (Å²) in [5.74, 6) is 0.947. The van der Waals surface area contributed by atoms with Crippen LogP contribution >= 0.6 is 27.3 Å². The second kappa shape index (κ2) is 6.46. The Labute approximate surface area is 157 Å². The maximum absolute atomic E-state index is 9.69. The van der Waals surface area contributed by atoms with E-state index in [4.69, 9.17) is 0 Å². The van der Waals surface area contributed by atoms with Crippen molar-refractivity contribution < 1.29 is 5.11 Å². The Kier molecular flexibility index (Phi) is 4.15. The summed E-state index contributed by atoms with van der Waals surface area (Å²) in [6.45, 7) is 2.10. The number of rotatable bonds is 3. The third-order valence-electron chi connectivity index (χ3n) is 3.91. The topological polar surface area (TPSA) is 58.0 Å². The minimum Gasteiger partial charge on any atom is -0.508 e. The first kappa shape index (κ1) is 16.1. The van der Waals surface area contributed by atoms with Crippen LogP contribution in [-0.2, 0) is 0 Å². The van der Waals surface area contributed by atoms with Crippen LogP contribution in [-0.4, -0.2) is 15.1 Å². The molecule has 0 saturated heterocycles. The molecular formula is C19H14BrN3OS. The molecule has 0 unspecified atom stereocenters. The number of aromatic hydroxyl groups is 1. The number of aryl methyl sites for hydroxylation is 1. The molecule has 2 aromatic heterocycles. The van der Waals surface area contributed by atoms with Crippen LogP contribution < -0.4 is 5.32 Å². The van der Waals surface area contributed by atoms with Gasteiger partial charge in [-0.1, -0.05) is 34.1 Å². The fourth-order valence-corrected chi connectivity index (χ4v) is 4.10. The summed E-state index contributed by atoms with van der Waals surface area (Å²) in [4.78, 5) is 11.0. The number of thiophene rings is 1. The summed E-state index contributed by atoms with van der Waals surface area (Å²) >= 11 is 5.14. The molecule has 4 rings (SSSR count). The number of aromatic nitrogens is 2. The van der Waals surface area contributed by atoms with Gasteiger partial charge in [0.05, 0.1) is 5.39 Å². The van der Waals surface area contributed by atoms with Crippen LogP contribution in [0.4, 0.5) is 11.5 Å². The average molecular weight is 412 g/mol. The van der Waals surface area contributed by atoms with E-state index in [0.29, 0.717) is 0 Å². The average Bonchev–Trinajstić information content (AvgIpc) is 2.93. The number of nitrogens with one attached hydrogen (secondary N) is 1. The van der Waals surface area contributed by atoms with Gasteiger partial charge in [-0.25, -0.2) is 9.97 Å². The molecule has 0 aliphatic rings. The zero-order valence-electron chi connectivity index (χ0n) is 13.3. The highest BCUT2D eigenvalue weighted by Gasteiger charge is 2.17. The highest BCUT2D eigenvalue weighted by molar-refractivity contribution is 9.10. The number of phenols is 1. The Morgan fingerprint density at radius 2 is 1.88 bits per heavy atom. The fraction of sp³-hybridized carbons (Fsp3) is 0.0526. The second-order valence-electron chi connectivity index (χ2n) is 5.62. The first-order chi connectivity index (χ1) is 12.1. The van der Waals surface area contributed by atoms with Crippen LogP contribution in [0, 0.1) is 6.92 Å². The van der Waals surface area contributed by atoms with E-state index in [9.17, 15) is 5.11 Å². The van der Waals surface area contributed by atoms with Gasteiger partial charge in [0.1, 0.15) is 22.7 Å². The summed E-state index contributed by atoms with van der Waals surface area (Å²) in [5, 5.41) is 14.0. The number of halogens is 1. The Morgan fingerprint density at radius 3 is 2.64 bits per heavy atom. The van der Waals surface area contributed by atoms with E-state index >= 15 is 0 Å². The van der Waals surface area contributed by atoms with Crippen molar-refractivity contribution in [2.75, 3.05) is 5.32 Å². The van der Waals surface area contributed by atoms with Crippen molar-refractivity contribution in [1.29, 1.82) is 0 Å². The van der Waals surface area contributed by atoms with Crippen molar-refractivity contribution in [1.82, 2.24) is 9.97 Å². The minimum absolute atomic E-state index is 0.213. The predicted molar refractivity (Wildman–Crippen MR) is 107 cm³/mol. The van der Waals surface area contributed by atoms with E-state index in [1.54, 1.807) is 35.9 Å². The number of fused-ring (bicyclic) bond motifs is 1. The van der Waals surface area contributed by atoms with Crippen molar-refractivity contribution in [3.05, 3.63) is 64.2 Å². The lowest BCUT2D eigenvalue weighted by Crippen LogP contribution is -1.95. The molecule has 124 valence electrons. The predicted octanol–water partition coefficient (Wildman–Crippen LogP) is 5.88. The van der Waals surface area contributed by atoms with Crippen molar-refractivity contribution in [2.45, 2.75) is 6.92 Å². The highest BCUT2D eigenvalue weighted by atomic mass is 79.9. The molecule has 4 nitrogen and oxygen atoms in total. The van der Waals surface area contributed by atoms with Crippen molar-refractivity contribution in [2.24, 2.45) is 0 Å². The van der Waals surface area contributed by atoms with Crippen LogP contribution in [0.3, 0.4) is 0 Å². The molecule has 0 saturated carbocycles. The lowest BCUT2D eigenvalue weighted by molar-refractivity contribution is 0.475. The van der Waals surface area contributed by atoms with Gasteiger partial charge in [0, 0.05) is 26.7 Å². The number of phenolic OH excluding ortho intramolecular Hbond substituents is 1. The summed E-state index contributed by atoms with van der Waals surface area (Å²) in [5.41, 5.74) is 3.04. The van der Waals surface area contributed by atoms with E-state index in [1.165, 1.54) is 4.88 Å². The molecule has 6 heteroatoms. The fourth-order valence-electron chi connectivity index (χ4n) is 2.82. The first-order valence-electron chi connectivity index (χ1n) is 7.68. The monoisotopic (exact) mass is 411 g/mol. The number of benzene rings is 2. The SMILES string of the molecule is Cc1sc2ncnc(Nc3cccc(O)c3)c2c1-c1ccc(Br)cc1. The third kappa shape index (κ3) is 3.10. The standard InChI is InChI=1S/C19H14BrN3OS/c1-11-16(12-5-7-13(20)8-6-12)17-18(21-10-22-19(17)25-11)23-14-3-2-4-15(24)9-14/h2-10,24H,1H3,(H,21,22,23). The second-order valence-corrected chi connectivity index (χ2v) is 7.74. The van der Waals surface area contributed by atoms with Gasteiger partial charge in [-0.05, 0) is 36.8 Å². The minimum atomic E-state index is 0.213. The van der Waals surface area contributed by atoms with E-state index in [0.717, 1.165) is 37.3 Å². The summed E-state index contributed by atoms with van der Waals surface area (Å²) < 4.78 is 1.04. The molecule has 25 heavy (non-hydrogen) atoms. The molecule has 2 heterocycles. The molecule has 0 aliphatic carbocycles. The first-order valence-corrected chi connectivity index (χ1v) is 9.29. The molecule has 2 aromatic carbocycles. The van der Waals surface area contributed by atoms with E-state index < -0.39 is 0 Å². The number of nitrogens with zero attached hydrogens (tertiary/aromatic N) is 2. The van der Waals surface area contributed by atoms with Gasteiger partial charge in [0.2, 0.25) is 0 Å². The van der Waals surface area contributed by atoms with Gasteiger partial charge in [0.25, 0.3) is 0 Å². The molecule has 0 spiro atoms. The summed E-state index contributed by atoms with van der Waals surface area (Å²) in [6.07, 6.45) is 1.56. The normalized spacial score (nSPS) is 11.0. The summed E-state index contributed by atoms with van der Waals surface area (Å²) in [6, 6.07) is 15.2. The molecule has 0 bridgehead atoms. The van der Waals surface area contributed by atoms with E-state index in [2.05, 4.69) is 50.3 Å². The number of hydrogen-bond acceptors (Lipinski definition) is 5.